The molecule has 0 aromatic heterocycles. The second kappa shape index (κ2) is 7.69. The Morgan fingerprint density at radius 2 is 1.80 bits per heavy atom. The molecule has 0 spiro atoms. The van der Waals surface area contributed by atoms with Gasteiger partial charge in [-0.2, -0.15) is 0 Å². The summed E-state index contributed by atoms with van der Waals surface area (Å²) in [6, 6.07) is 5.12. The molecule has 8 heteroatoms. The van der Waals surface area contributed by atoms with E-state index in [1.165, 1.54) is 25.3 Å². The van der Waals surface area contributed by atoms with Gasteiger partial charge in [0.25, 0.3) is 0 Å². The Morgan fingerprint density at radius 3 is 2.36 bits per heavy atom. The molecule has 0 atom stereocenters. The summed E-state index contributed by atoms with van der Waals surface area (Å²) in [5, 5.41) is 2.63. The maximum absolute atomic E-state index is 12.9. The summed E-state index contributed by atoms with van der Waals surface area (Å²) < 4.78 is 12.9. The molecule has 0 unspecified atom stereocenters. The van der Waals surface area contributed by atoms with E-state index in [1.54, 1.807) is 19.1 Å². The topological polar surface area (TPSA) is 86.8 Å². The number of hydrogen-bond acceptors (Lipinski definition) is 4. The van der Waals surface area contributed by atoms with Gasteiger partial charge >= 0.3 is 17.8 Å². The number of hydrogen-bond donors (Lipinski definition) is 1. The number of urea groups is 1. The highest BCUT2D eigenvalue weighted by molar-refractivity contribution is 6.44. The number of nitrogens with one attached hydrogen (secondary N) is 1. The van der Waals surface area contributed by atoms with Crippen molar-refractivity contribution >= 4 is 29.3 Å². The lowest BCUT2D eigenvalue weighted by molar-refractivity contribution is -0.142. The first-order valence-corrected chi connectivity index (χ1v) is 7.67. The lowest BCUT2D eigenvalue weighted by Crippen LogP contribution is -2.34. The number of benzene rings is 1. The van der Waals surface area contributed by atoms with Gasteiger partial charge in [0.15, 0.2) is 0 Å². The summed E-state index contributed by atoms with van der Waals surface area (Å²) >= 11 is 0. The van der Waals surface area contributed by atoms with Gasteiger partial charge in [0, 0.05) is 26.2 Å². The van der Waals surface area contributed by atoms with E-state index >= 15 is 0 Å². The molecule has 0 saturated carbocycles. The van der Waals surface area contributed by atoms with Crippen LogP contribution in [0.2, 0.25) is 0 Å². The molecule has 1 fully saturated rings. The zero-order valence-corrected chi connectivity index (χ0v) is 13.9. The zero-order chi connectivity index (χ0) is 18.6. The van der Waals surface area contributed by atoms with Crippen LogP contribution in [0.1, 0.15) is 18.9 Å². The summed E-state index contributed by atoms with van der Waals surface area (Å²) in [5.41, 5.74) is 1.40. The van der Waals surface area contributed by atoms with Crippen molar-refractivity contribution < 1.29 is 23.6 Å². The molecule has 1 N–H and O–H groups in total. The highest BCUT2D eigenvalue weighted by Gasteiger charge is 2.41. The number of allylic oxidation sites excluding steroid dienone is 1. The molecule has 0 bridgehead atoms. The van der Waals surface area contributed by atoms with Crippen LogP contribution < -0.4 is 5.32 Å². The van der Waals surface area contributed by atoms with E-state index in [9.17, 15) is 23.6 Å². The van der Waals surface area contributed by atoms with E-state index in [0.717, 1.165) is 15.4 Å². The second-order valence-corrected chi connectivity index (χ2v) is 5.58. The van der Waals surface area contributed by atoms with Gasteiger partial charge in [-0.25, -0.2) is 9.18 Å². The number of amides is 5. The minimum absolute atomic E-state index is 0.0503. The SMILES string of the molecule is C/C(=C\C(=O)NCCCN1C(=O)C(=O)N(C)C1=O)c1ccc(F)cc1. The van der Waals surface area contributed by atoms with Gasteiger partial charge in [0.05, 0.1) is 0 Å². The van der Waals surface area contributed by atoms with Crippen LogP contribution in [-0.4, -0.2) is 53.7 Å². The maximum atomic E-state index is 12.9. The van der Waals surface area contributed by atoms with E-state index in [1.807, 2.05) is 0 Å². The van der Waals surface area contributed by atoms with Crippen LogP contribution in [0.3, 0.4) is 0 Å². The van der Waals surface area contributed by atoms with Crippen molar-refractivity contribution in [3.05, 3.63) is 41.7 Å². The molecule has 1 aromatic carbocycles. The summed E-state index contributed by atoms with van der Waals surface area (Å²) in [6.07, 6.45) is 1.71. The predicted molar refractivity (Wildman–Crippen MR) is 87.6 cm³/mol. The van der Waals surface area contributed by atoms with Crippen LogP contribution in [0.5, 0.6) is 0 Å². The number of carbonyl (C=O) groups excluding carboxylic acids is 4. The average Bonchev–Trinajstić information content (AvgIpc) is 2.76. The summed E-state index contributed by atoms with van der Waals surface area (Å²) in [4.78, 5) is 48.1. The van der Waals surface area contributed by atoms with Crippen LogP contribution in [0.25, 0.3) is 5.57 Å². The van der Waals surface area contributed by atoms with Gasteiger partial charge in [0.1, 0.15) is 5.82 Å². The Labute approximate surface area is 144 Å². The number of carbonyl (C=O) groups is 4. The normalized spacial score (nSPS) is 15.2. The molecular weight excluding hydrogens is 329 g/mol. The highest BCUT2D eigenvalue weighted by atomic mass is 19.1. The Kier molecular flexibility index (Phi) is 5.63. The van der Waals surface area contributed by atoms with Gasteiger partial charge in [-0.15, -0.1) is 0 Å². The molecule has 132 valence electrons. The van der Waals surface area contributed by atoms with E-state index in [-0.39, 0.29) is 24.8 Å². The van der Waals surface area contributed by atoms with Crippen molar-refractivity contribution in [2.75, 3.05) is 20.1 Å². The quantitative estimate of drug-likeness (QED) is 0.362. The van der Waals surface area contributed by atoms with Gasteiger partial charge in [0.2, 0.25) is 5.91 Å². The Bertz CT molecular complexity index is 743. The monoisotopic (exact) mass is 347 g/mol. The van der Waals surface area contributed by atoms with Crippen molar-refractivity contribution in [1.82, 2.24) is 15.1 Å². The van der Waals surface area contributed by atoms with Gasteiger partial charge in [-0.1, -0.05) is 12.1 Å². The molecule has 0 radical (unpaired) electrons. The first-order valence-electron chi connectivity index (χ1n) is 7.67. The Balaban J connectivity index is 1.80. The van der Waals surface area contributed by atoms with Gasteiger partial charge in [-0.05, 0) is 36.6 Å². The third-order valence-electron chi connectivity index (χ3n) is 3.76. The largest absolute Gasteiger partial charge is 0.352 e. The molecule has 25 heavy (non-hydrogen) atoms. The molecule has 1 aromatic rings. The Morgan fingerprint density at radius 1 is 1.16 bits per heavy atom. The summed E-state index contributed by atoms with van der Waals surface area (Å²) in [5.74, 6) is -2.40. The number of nitrogens with zero attached hydrogens (tertiary/aromatic N) is 2. The third kappa shape index (κ3) is 4.28. The van der Waals surface area contributed by atoms with Crippen molar-refractivity contribution in [2.45, 2.75) is 13.3 Å². The molecule has 5 amide bonds. The molecule has 2 rings (SSSR count). The molecule has 1 aliphatic rings. The number of rotatable bonds is 6. The maximum Gasteiger partial charge on any atom is 0.333 e. The third-order valence-corrected chi connectivity index (χ3v) is 3.76. The average molecular weight is 347 g/mol. The van der Waals surface area contributed by atoms with Crippen LogP contribution in [0.4, 0.5) is 9.18 Å². The van der Waals surface area contributed by atoms with Crippen LogP contribution >= 0.6 is 0 Å². The van der Waals surface area contributed by atoms with Crippen molar-refractivity contribution in [3.63, 3.8) is 0 Å². The lowest BCUT2D eigenvalue weighted by atomic mass is 10.1. The van der Waals surface area contributed by atoms with Crippen LogP contribution in [0, 0.1) is 5.82 Å². The zero-order valence-electron chi connectivity index (χ0n) is 13.9. The van der Waals surface area contributed by atoms with Crippen molar-refractivity contribution in [1.29, 1.82) is 0 Å². The van der Waals surface area contributed by atoms with Gasteiger partial charge in [-0.3, -0.25) is 24.2 Å². The van der Waals surface area contributed by atoms with Crippen molar-refractivity contribution in [3.8, 4) is 0 Å². The Hall–Kier alpha value is -3.03. The molecule has 1 heterocycles. The molecule has 1 saturated heterocycles. The van der Waals surface area contributed by atoms with E-state index in [2.05, 4.69) is 5.32 Å². The highest BCUT2D eigenvalue weighted by Crippen LogP contribution is 2.14. The fourth-order valence-corrected chi connectivity index (χ4v) is 2.30. The van der Waals surface area contributed by atoms with E-state index < -0.39 is 17.8 Å². The van der Waals surface area contributed by atoms with Crippen LogP contribution in [-0.2, 0) is 14.4 Å². The van der Waals surface area contributed by atoms with Crippen LogP contribution in [0.15, 0.2) is 30.3 Å². The lowest BCUT2D eigenvalue weighted by Gasteiger charge is -2.12. The molecule has 7 nitrogen and oxygen atoms in total. The minimum atomic E-state index is -0.856. The second-order valence-electron chi connectivity index (χ2n) is 5.58. The summed E-state index contributed by atoms with van der Waals surface area (Å²) in [7, 11) is 1.24. The van der Waals surface area contributed by atoms with Crippen molar-refractivity contribution in [2.24, 2.45) is 0 Å². The predicted octanol–water partition coefficient (Wildman–Crippen LogP) is 1.16. The van der Waals surface area contributed by atoms with E-state index in [0.29, 0.717) is 12.0 Å². The molecule has 1 aliphatic heterocycles. The first-order chi connectivity index (χ1) is 11.8. The first kappa shape index (κ1) is 18.3. The number of likely N-dealkylation sites (N-methyl/N-ethyl adjacent to an activating group) is 1. The minimum Gasteiger partial charge on any atom is -0.352 e. The number of imide groups is 2. The number of halogens is 1. The fraction of sp³-hybridized carbons (Fsp3) is 0.294. The smallest absolute Gasteiger partial charge is 0.333 e. The van der Waals surface area contributed by atoms with E-state index in [4.69, 9.17) is 0 Å². The summed E-state index contributed by atoms with van der Waals surface area (Å²) in [6.45, 7) is 2.02. The standard InChI is InChI=1S/C17H18FN3O4/c1-11(12-4-6-13(18)7-5-12)10-14(22)19-8-3-9-21-16(24)15(23)20(2)17(21)25/h4-7,10H,3,8-9H2,1-2H3,(H,19,22)/b11-10+. The fourth-order valence-electron chi connectivity index (χ4n) is 2.30. The molecular formula is C17H18FN3O4. The molecule has 0 aliphatic carbocycles. The van der Waals surface area contributed by atoms with Gasteiger partial charge < -0.3 is 5.32 Å².